The minimum atomic E-state index is -0.242. The summed E-state index contributed by atoms with van der Waals surface area (Å²) in [5.74, 6) is -0.612. The van der Waals surface area contributed by atoms with Crippen LogP contribution in [0.4, 0.5) is 0 Å². The average Bonchev–Trinajstić information content (AvgIpc) is 3.03. The van der Waals surface area contributed by atoms with Crippen LogP contribution in [0.2, 0.25) is 0 Å². The first-order chi connectivity index (χ1) is 14.9. The Morgan fingerprint density at radius 2 is 1.68 bits per heavy atom. The van der Waals surface area contributed by atoms with Crippen molar-refractivity contribution in [2.75, 3.05) is 19.6 Å². The van der Waals surface area contributed by atoms with Gasteiger partial charge in [0.25, 0.3) is 17.7 Å². The summed E-state index contributed by atoms with van der Waals surface area (Å²) in [5.41, 5.74) is 2.58. The Morgan fingerprint density at radius 1 is 1.00 bits per heavy atom. The average molecular weight is 424 g/mol. The fourth-order valence-corrected chi connectivity index (χ4v) is 4.91. The summed E-state index contributed by atoms with van der Waals surface area (Å²) in [7, 11) is 0. The summed E-state index contributed by atoms with van der Waals surface area (Å²) in [6.07, 6.45) is 9.10. The number of likely N-dealkylation sites (tertiary alicyclic amines) is 1. The third-order valence-electron chi connectivity index (χ3n) is 6.80. The van der Waals surface area contributed by atoms with Crippen molar-refractivity contribution in [1.29, 1.82) is 0 Å². The van der Waals surface area contributed by atoms with Crippen LogP contribution in [0.15, 0.2) is 29.8 Å². The monoisotopic (exact) mass is 423 g/mol. The number of nitrogens with zero attached hydrogens (tertiary/aromatic N) is 2. The molecule has 6 nitrogen and oxygen atoms in total. The molecule has 2 heterocycles. The molecule has 3 amide bonds. The quantitative estimate of drug-likeness (QED) is 0.578. The summed E-state index contributed by atoms with van der Waals surface area (Å²) < 4.78 is 0. The van der Waals surface area contributed by atoms with Crippen LogP contribution in [-0.2, 0) is 0 Å². The Kier molecular flexibility index (Phi) is 6.56. The van der Waals surface area contributed by atoms with Crippen molar-refractivity contribution in [2.45, 2.75) is 70.9 Å². The van der Waals surface area contributed by atoms with E-state index >= 15 is 0 Å². The van der Waals surface area contributed by atoms with E-state index in [-0.39, 0.29) is 29.8 Å². The molecule has 6 heteroatoms. The highest BCUT2D eigenvalue weighted by Gasteiger charge is 2.40. The van der Waals surface area contributed by atoms with Crippen molar-refractivity contribution in [1.82, 2.24) is 15.1 Å². The number of fused-ring (bicyclic) bond motifs is 1. The molecule has 0 bridgehead atoms. The second kappa shape index (κ2) is 9.35. The minimum absolute atomic E-state index is 0.00467. The molecule has 1 saturated carbocycles. The van der Waals surface area contributed by atoms with E-state index in [0.29, 0.717) is 16.7 Å². The Hall–Kier alpha value is -2.47. The molecular formula is C25H33N3O3. The molecule has 1 N–H and O–H groups in total. The van der Waals surface area contributed by atoms with Gasteiger partial charge in [0.1, 0.15) is 0 Å². The molecular weight excluding hydrogens is 390 g/mol. The smallest absolute Gasteiger partial charge is 0.261 e. The number of allylic oxidation sites excluding steroid dienone is 1. The van der Waals surface area contributed by atoms with Crippen LogP contribution in [-0.4, -0.2) is 59.2 Å². The maximum Gasteiger partial charge on any atom is 0.261 e. The Bertz CT molecular complexity index is 889. The standard InChI is InChI=1S/C25H33N3O3/c1-17(2)10-13-27-14-11-19(12-15-27)26-23(29)18-8-9-21-22(16-18)25(31)28(24(21)30)20-6-4-3-5-7-20/h8-10,16,19-20H,3-7,11-15H2,1-2H3,(H,26,29). The van der Waals surface area contributed by atoms with Gasteiger partial charge in [0.15, 0.2) is 0 Å². The zero-order valence-corrected chi connectivity index (χ0v) is 18.7. The van der Waals surface area contributed by atoms with Gasteiger partial charge in [-0.05, 0) is 57.7 Å². The number of nitrogens with one attached hydrogen (secondary N) is 1. The number of amides is 3. The summed E-state index contributed by atoms with van der Waals surface area (Å²) in [4.78, 5) is 42.5. The largest absolute Gasteiger partial charge is 0.349 e. The summed E-state index contributed by atoms with van der Waals surface area (Å²) in [6, 6.07) is 5.07. The van der Waals surface area contributed by atoms with Crippen molar-refractivity contribution in [3.63, 3.8) is 0 Å². The fourth-order valence-electron chi connectivity index (χ4n) is 4.91. The number of piperidine rings is 1. The molecule has 4 rings (SSSR count). The van der Waals surface area contributed by atoms with Gasteiger partial charge in [-0.3, -0.25) is 24.2 Å². The summed E-state index contributed by atoms with van der Waals surface area (Å²) in [6.45, 7) is 7.10. The SMILES string of the molecule is CC(C)=CCN1CCC(NC(=O)c2ccc3c(c2)C(=O)N(C2CCCCC2)C3=O)CC1. The van der Waals surface area contributed by atoms with Gasteiger partial charge >= 0.3 is 0 Å². The highest BCUT2D eigenvalue weighted by molar-refractivity contribution is 6.22. The first-order valence-corrected chi connectivity index (χ1v) is 11.6. The van der Waals surface area contributed by atoms with Crippen LogP contribution in [0.3, 0.4) is 0 Å². The van der Waals surface area contributed by atoms with E-state index < -0.39 is 0 Å². The van der Waals surface area contributed by atoms with E-state index in [0.717, 1.165) is 64.6 Å². The third-order valence-corrected chi connectivity index (χ3v) is 6.80. The number of benzene rings is 1. The molecule has 1 aromatic rings. The van der Waals surface area contributed by atoms with Gasteiger partial charge < -0.3 is 5.32 Å². The third kappa shape index (κ3) is 4.74. The van der Waals surface area contributed by atoms with Crippen molar-refractivity contribution >= 4 is 17.7 Å². The summed E-state index contributed by atoms with van der Waals surface area (Å²) in [5, 5.41) is 3.12. The van der Waals surface area contributed by atoms with Crippen LogP contribution in [0, 0.1) is 0 Å². The van der Waals surface area contributed by atoms with Crippen molar-refractivity contribution < 1.29 is 14.4 Å². The molecule has 3 aliphatic rings. The van der Waals surface area contributed by atoms with E-state index in [1.807, 2.05) is 0 Å². The lowest BCUT2D eigenvalue weighted by atomic mass is 9.94. The second-order valence-corrected chi connectivity index (χ2v) is 9.36. The predicted molar refractivity (Wildman–Crippen MR) is 120 cm³/mol. The van der Waals surface area contributed by atoms with Crippen molar-refractivity contribution in [3.8, 4) is 0 Å². The van der Waals surface area contributed by atoms with E-state index in [1.165, 1.54) is 10.5 Å². The zero-order chi connectivity index (χ0) is 22.0. The Labute approximate surface area is 184 Å². The maximum absolute atomic E-state index is 13.0. The lowest BCUT2D eigenvalue weighted by molar-refractivity contribution is 0.0548. The van der Waals surface area contributed by atoms with Crippen LogP contribution in [0.5, 0.6) is 0 Å². The number of carbonyl (C=O) groups excluding carboxylic acids is 3. The number of hydrogen-bond donors (Lipinski definition) is 1. The summed E-state index contributed by atoms with van der Waals surface area (Å²) >= 11 is 0. The molecule has 0 radical (unpaired) electrons. The van der Waals surface area contributed by atoms with E-state index in [1.54, 1.807) is 18.2 Å². The van der Waals surface area contributed by atoms with Gasteiger partial charge in [-0.2, -0.15) is 0 Å². The van der Waals surface area contributed by atoms with Gasteiger partial charge in [-0.25, -0.2) is 0 Å². The Balaban J connectivity index is 1.38. The van der Waals surface area contributed by atoms with Gasteiger partial charge in [-0.15, -0.1) is 0 Å². The molecule has 166 valence electrons. The lowest BCUT2D eigenvalue weighted by Crippen LogP contribution is -2.44. The van der Waals surface area contributed by atoms with E-state index in [9.17, 15) is 14.4 Å². The van der Waals surface area contributed by atoms with Gasteiger partial charge in [0.2, 0.25) is 0 Å². The highest BCUT2D eigenvalue weighted by Crippen LogP contribution is 2.31. The fraction of sp³-hybridized carbons (Fsp3) is 0.560. The maximum atomic E-state index is 13.0. The van der Waals surface area contributed by atoms with Gasteiger partial charge in [0.05, 0.1) is 11.1 Å². The van der Waals surface area contributed by atoms with Crippen LogP contribution in [0.25, 0.3) is 0 Å². The molecule has 1 aromatic carbocycles. The molecule has 0 unspecified atom stereocenters. The normalized spacial score (nSPS) is 20.6. The second-order valence-electron chi connectivity index (χ2n) is 9.36. The van der Waals surface area contributed by atoms with E-state index in [2.05, 4.69) is 30.1 Å². The minimum Gasteiger partial charge on any atom is -0.349 e. The van der Waals surface area contributed by atoms with Crippen LogP contribution in [0.1, 0.15) is 89.9 Å². The van der Waals surface area contributed by atoms with E-state index in [4.69, 9.17) is 0 Å². The van der Waals surface area contributed by atoms with Crippen LogP contribution >= 0.6 is 0 Å². The van der Waals surface area contributed by atoms with Crippen molar-refractivity contribution in [3.05, 3.63) is 46.5 Å². The molecule has 0 aromatic heterocycles. The Morgan fingerprint density at radius 3 is 2.35 bits per heavy atom. The predicted octanol–water partition coefficient (Wildman–Crippen LogP) is 3.78. The molecule has 2 aliphatic heterocycles. The van der Waals surface area contributed by atoms with Gasteiger partial charge in [-0.1, -0.05) is 30.9 Å². The molecule has 0 atom stereocenters. The first kappa shape index (κ1) is 21.8. The van der Waals surface area contributed by atoms with Gasteiger partial charge in [0, 0.05) is 37.3 Å². The molecule has 2 fully saturated rings. The zero-order valence-electron chi connectivity index (χ0n) is 18.7. The number of hydrogen-bond acceptors (Lipinski definition) is 4. The molecule has 1 aliphatic carbocycles. The highest BCUT2D eigenvalue weighted by atomic mass is 16.2. The molecule has 1 saturated heterocycles. The number of rotatable bonds is 5. The first-order valence-electron chi connectivity index (χ1n) is 11.6. The number of carbonyl (C=O) groups is 3. The van der Waals surface area contributed by atoms with Crippen LogP contribution < -0.4 is 5.32 Å². The molecule has 0 spiro atoms. The lowest BCUT2D eigenvalue weighted by Gasteiger charge is -2.31. The van der Waals surface area contributed by atoms with Crippen molar-refractivity contribution in [2.24, 2.45) is 0 Å². The molecule has 31 heavy (non-hydrogen) atoms. The number of imide groups is 1. The topological polar surface area (TPSA) is 69.7 Å².